The maximum absolute atomic E-state index is 12.5. The Morgan fingerprint density at radius 2 is 2.20 bits per heavy atom. The number of hydrogen-bond donors (Lipinski definition) is 1. The second-order valence-electron chi connectivity index (χ2n) is 5.00. The Morgan fingerprint density at radius 3 is 2.85 bits per heavy atom. The van der Waals surface area contributed by atoms with E-state index in [1.165, 1.54) is 17.2 Å². The number of aromatic nitrogens is 1. The molecule has 0 aliphatic carbocycles. The Bertz CT molecular complexity index is 547. The third-order valence-corrected chi connectivity index (χ3v) is 3.63. The number of nitrogen functional groups attached to an aromatic ring is 1. The molecule has 7 heteroatoms. The second-order valence-corrected chi connectivity index (χ2v) is 5.35. The predicted octanol–water partition coefficient (Wildman–Crippen LogP) is 1.01. The SMILES string of the molecule is CN(C)C(=O)C1CCCN1C(=O)c1cc(N)cnc1Cl. The molecule has 2 heterocycles. The summed E-state index contributed by atoms with van der Waals surface area (Å²) in [4.78, 5) is 31.6. The number of likely N-dealkylation sites (tertiary alicyclic amines) is 1. The molecule has 1 aromatic rings. The molecule has 1 saturated heterocycles. The summed E-state index contributed by atoms with van der Waals surface area (Å²) in [6.45, 7) is 0.536. The van der Waals surface area contributed by atoms with E-state index in [1.54, 1.807) is 19.0 Å². The van der Waals surface area contributed by atoms with Crippen LogP contribution in [-0.2, 0) is 4.79 Å². The summed E-state index contributed by atoms with van der Waals surface area (Å²) >= 11 is 5.95. The van der Waals surface area contributed by atoms with E-state index in [-0.39, 0.29) is 22.5 Å². The highest BCUT2D eigenvalue weighted by molar-refractivity contribution is 6.32. The van der Waals surface area contributed by atoms with Gasteiger partial charge in [-0.2, -0.15) is 0 Å². The van der Waals surface area contributed by atoms with Gasteiger partial charge < -0.3 is 15.5 Å². The van der Waals surface area contributed by atoms with E-state index in [0.717, 1.165) is 6.42 Å². The van der Waals surface area contributed by atoms with Crippen molar-refractivity contribution >= 4 is 29.1 Å². The lowest BCUT2D eigenvalue weighted by Crippen LogP contribution is -2.45. The average Bonchev–Trinajstić information content (AvgIpc) is 2.88. The van der Waals surface area contributed by atoms with Gasteiger partial charge in [0.15, 0.2) is 0 Å². The van der Waals surface area contributed by atoms with E-state index in [4.69, 9.17) is 17.3 Å². The molecule has 1 aliphatic rings. The van der Waals surface area contributed by atoms with Crippen molar-refractivity contribution in [3.8, 4) is 0 Å². The number of rotatable bonds is 2. The lowest BCUT2D eigenvalue weighted by molar-refractivity contribution is -0.132. The summed E-state index contributed by atoms with van der Waals surface area (Å²) in [5.41, 5.74) is 6.25. The normalized spacial score (nSPS) is 18.1. The van der Waals surface area contributed by atoms with Crippen molar-refractivity contribution in [2.45, 2.75) is 18.9 Å². The number of nitrogens with two attached hydrogens (primary N) is 1. The first-order chi connectivity index (χ1) is 9.41. The first-order valence-corrected chi connectivity index (χ1v) is 6.72. The number of amides is 2. The number of pyridine rings is 1. The topological polar surface area (TPSA) is 79.5 Å². The number of hydrogen-bond acceptors (Lipinski definition) is 4. The maximum Gasteiger partial charge on any atom is 0.257 e. The Balaban J connectivity index is 2.28. The van der Waals surface area contributed by atoms with Crippen LogP contribution in [0.2, 0.25) is 5.15 Å². The van der Waals surface area contributed by atoms with Gasteiger partial charge in [0, 0.05) is 20.6 Å². The first kappa shape index (κ1) is 14.6. The fraction of sp³-hybridized carbons (Fsp3) is 0.462. The van der Waals surface area contributed by atoms with Crippen LogP contribution in [0.3, 0.4) is 0 Å². The molecule has 0 spiro atoms. The highest BCUT2D eigenvalue weighted by Gasteiger charge is 2.36. The van der Waals surface area contributed by atoms with Crippen LogP contribution in [-0.4, -0.2) is 53.3 Å². The van der Waals surface area contributed by atoms with Crippen LogP contribution >= 0.6 is 11.6 Å². The van der Waals surface area contributed by atoms with Gasteiger partial charge >= 0.3 is 0 Å². The Labute approximate surface area is 122 Å². The van der Waals surface area contributed by atoms with Gasteiger partial charge in [0.25, 0.3) is 5.91 Å². The Kier molecular flexibility index (Phi) is 4.13. The van der Waals surface area contributed by atoms with Crippen molar-refractivity contribution in [3.63, 3.8) is 0 Å². The van der Waals surface area contributed by atoms with Crippen molar-refractivity contribution in [3.05, 3.63) is 23.0 Å². The van der Waals surface area contributed by atoms with E-state index in [0.29, 0.717) is 18.7 Å². The largest absolute Gasteiger partial charge is 0.397 e. The highest BCUT2D eigenvalue weighted by Crippen LogP contribution is 2.24. The quantitative estimate of drug-likeness (QED) is 0.826. The van der Waals surface area contributed by atoms with Gasteiger partial charge in [-0.3, -0.25) is 9.59 Å². The second kappa shape index (κ2) is 5.66. The van der Waals surface area contributed by atoms with E-state index in [1.807, 2.05) is 0 Å². The zero-order valence-corrected chi connectivity index (χ0v) is 12.2. The molecule has 20 heavy (non-hydrogen) atoms. The van der Waals surface area contributed by atoms with E-state index >= 15 is 0 Å². The number of halogens is 1. The van der Waals surface area contributed by atoms with Crippen molar-refractivity contribution in [2.24, 2.45) is 0 Å². The van der Waals surface area contributed by atoms with Crippen molar-refractivity contribution in [1.82, 2.24) is 14.8 Å². The molecule has 2 amide bonds. The van der Waals surface area contributed by atoms with Gasteiger partial charge in [0.1, 0.15) is 11.2 Å². The molecular formula is C13H17ClN4O2. The molecule has 2 N–H and O–H groups in total. The van der Waals surface area contributed by atoms with Crippen LogP contribution in [0.1, 0.15) is 23.2 Å². The molecule has 0 radical (unpaired) electrons. The summed E-state index contributed by atoms with van der Waals surface area (Å²) in [7, 11) is 3.36. The third-order valence-electron chi connectivity index (χ3n) is 3.33. The summed E-state index contributed by atoms with van der Waals surface area (Å²) in [6.07, 6.45) is 2.85. The lowest BCUT2D eigenvalue weighted by Gasteiger charge is -2.26. The molecule has 6 nitrogen and oxygen atoms in total. The van der Waals surface area contributed by atoms with Crippen LogP contribution < -0.4 is 5.73 Å². The van der Waals surface area contributed by atoms with Crippen LogP contribution in [0.4, 0.5) is 5.69 Å². The van der Waals surface area contributed by atoms with Gasteiger partial charge in [0.05, 0.1) is 17.4 Å². The van der Waals surface area contributed by atoms with Crippen molar-refractivity contribution in [1.29, 1.82) is 0 Å². The molecule has 1 unspecified atom stereocenters. The fourth-order valence-corrected chi connectivity index (χ4v) is 2.52. The third kappa shape index (κ3) is 2.70. The van der Waals surface area contributed by atoms with Gasteiger partial charge in [-0.1, -0.05) is 11.6 Å². The fourth-order valence-electron chi connectivity index (χ4n) is 2.33. The molecule has 0 aromatic carbocycles. The zero-order chi connectivity index (χ0) is 14.9. The Morgan fingerprint density at radius 1 is 1.50 bits per heavy atom. The summed E-state index contributed by atoms with van der Waals surface area (Å²) in [5, 5.41) is 0.104. The summed E-state index contributed by atoms with van der Waals surface area (Å²) in [6, 6.07) is 1.06. The number of nitrogens with zero attached hydrogens (tertiary/aromatic N) is 3. The molecule has 0 saturated carbocycles. The lowest BCUT2D eigenvalue weighted by atomic mass is 10.1. The number of carbonyl (C=O) groups is 2. The predicted molar refractivity (Wildman–Crippen MR) is 76.4 cm³/mol. The van der Waals surface area contributed by atoms with E-state index < -0.39 is 6.04 Å². The van der Waals surface area contributed by atoms with Crippen molar-refractivity contribution < 1.29 is 9.59 Å². The van der Waals surface area contributed by atoms with Gasteiger partial charge in [-0.15, -0.1) is 0 Å². The van der Waals surface area contributed by atoms with Gasteiger partial charge in [-0.05, 0) is 18.9 Å². The monoisotopic (exact) mass is 296 g/mol. The van der Waals surface area contributed by atoms with Crippen molar-refractivity contribution in [2.75, 3.05) is 26.4 Å². The maximum atomic E-state index is 12.5. The summed E-state index contributed by atoms with van der Waals surface area (Å²) in [5.74, 6) is -0.378. The van der Waals surface area contributed by atoms with Crippen LogP contribution in [0, 0.1) is 0 Å². The van der Waals surface area contributed by atoms with Gasteiger partial charge in [0.2, 0.25) is 5.91 Å². The molecule has 1 fully saturated rings. The molecule has 2 rings (SSSR count). The smallest absolute Gasteiger partial charge is 0.257 e. The molecule has 1 aromatic heterocycles. The Hall–Kier alpha value is -1.82. The van der Waals surface area contributed by atoms with E-state index in [2.05, 4.69) is 4.98 Å². The molecular weight excluding hydrogens is 280 g/mol. The van der Waals surface area contributed by atoms with E-state index in [9.17, 15) is 9.59 Å². The van der Waals surface area contributed by atoms with Crippen LogP contribution in [0.15, 0.2) is 12.3 Å². The number of carbonyl (C=O) groups excluding carboxylic acids is 2. The minimum Gasteiger partial charge on any atom is -0.397 e. The molecule has 1 atom stereocenters. The summed E-state index contributed by atoms with van der Waals surface area (Å²) < 4.78 is 0. The minimum absolute atomic E-state index is 0.0798. The minimum atomic E-state index is -0.435. The standard InChI is InChI=1S/C13H17ClN4O2/c1-17(2)13(20)10-4-3-5-18(10)12(19)9-6-8(15)7-16-11(9)14/h6-7,10H,3-5,15H2,1-2H3. The molecule has 0 bridgehead atoms. The molecule has 1 aliphatic heterocycles. The number of likely N-dealkylation sites (N-methyl/N-ethyl adjacent to an activating group) is 1. The van der Waals surface area contributed by atoms with Crippen LogP contribution in [0.25, 0.3) is 0 Å². The first-order valence-electron chi connectivity index (χ1n) is 6.35. The van der Waals surface area contributed by atoms with Crippen LogP contribution in [0.5, 0.6) is 0 Å². The highest BCUT2D eigenvalue weighted by atomic mass is 35.5. The van der Waals surface area contributed by atoms with Gasteiger partial charge in [-0.25, -0.2) is 4.98 Å². The molecule has 108 valence electrons. The average molecular weight is 297 g/mol. The number of anilines is 1. The zero-order valence-electron chi connectivity index (χ0n) is 11.5.